The molecule has 0 aliphatic rings. The molecule has 0 aliphatic heterocycles. The summed E-state index contributed by atoms with van der Waals surface area (Å²) in [6.07, 6.45) is 2.90. The van der Waals surface area contributed by atoms with Crippen LogP contribution in [0.5, 0.6) is 0 Å². The summed E-state index contributed by atoms with van der Waals surface area (Å²) in [5, 5.41) is 8.75. The van der Waals surface area contributed by atoms with Gasteiger partial charge in [-0.2, -0.15) is 0 Å². The van der Waals surface area contributed by atoms with Crippen molar-refractivity contribution in [2.45, 2.75) is 13.0 Å². The third-order valence-electron chi connectivity index (χ3n) is 2.29. The summed E-state index contributed by atoms with van der Waals surface area (Å²) < 4.78 is 1.55. The maximum absolute atomic E-state index is 11.8. The molecule has 15 heavy (non-hydrogen) atoms. The van der Waals surface area contributed by atoms with Crippen molar-refractivity contribution in [3.8, 4) is 0 Å². The first kappa shape index (κ1) is 11.2. The molecular formula is C9H13N3O3. The Balaban J connectivity index is 2.86. The molecular weight excluding hydrogens is 198 g/mol. The quantitative estimate of drug-likeness (QED) is 0.761. The first-order valence-electron chi connectivity index (χ1n) is 4.41. The molecule has 0 aliphatic carbocycles. The van der Waals surface area contributed by atoms with Gasteiger partial charge < -0.3 is 14.6 Å². The number of carbonyl (C=O) groups excluding carboxylic acids is 1. The number of rotatable bonds is 3. The van der Waals surface area contributed by atoms with Crippen LogP contribution in [0.1, 0.15) is 17.4 Å². The third kappa shape index (κ3) is 2.15. The van der Waals surface area contributed by atoms with Gasteiger partial charge in [0.1, 0.15) is 11.7 Å². The topological polar surface area (TPSA) is 75.4 Å². The zero-order valence-corrected chi connectivity index (χ0v) is 8.84. The highest BCUT2D eigenvalue weighted by Crippen LogP contribution is 2.05. The Morgan fingerprint density at radius 3 is 2.60 bits per heavy atom. The highest BCUT2D eigenvalue weighted by molar-refractivity contribution is 5.94. The molecule has 1 rings (SSSR count). The fourth-order valence-corrected chi connectivity index (χ4v) is 1.09. The minimum absolute atomic E-state index is 0.357. The van der Waals surface area contributed by atoms with Crippen LogP contribution in [0.2, 0.25) is 0 Å². The van der Waals surface area contributed by atoms with Crippen LogP contribution in [0.15, 0.2) is 12.5 Å². The van der Waals surface area contributed by atoms with Gasteiger partial charge in [0, 0.05) is 14.1 Å². The lowest BCUT2D eigenvalue weighted by Crippen LogP contribution is -2.40. The Labute approximate surface area is 87.1 Å². The normalized spacial score (nSPS) is 12.2. The van der Waals surface area contributed by atoms with Gasteiger partial charge in [0.05, 0.1) is 12.5 Å². The van der Waals surface area contributed by atoms with Crippen LogP contribution >= 0.6 is 0 Å². The average molecular weight is 211 g/mol. The number of nitrogens with zero attached hydrogens (tertiary/aromatic N) is 3. The summed E-state index contributed by atoms with van der Waals surface area (Å²) in [5.41, 5.74) is 0.366. The van der Waals surface area contributed by atoms with Crippen LogP contribution in [0, 0.1) is 0 Å². The van der Waals surface area contributed by atoms with Crippen molar-refractivity contribution in [1.82, 2.24) is 14.5 Å². The number of amides is 1. The van der Waals surface area contributed by atoms with E-state index in [1.54, 1.807) is 11.6 Å². The second kappa shape index (κ2) is 4.12. The lowest BCUT2D eigenvalue weighted by atomic mass is 10.3. The second-order valence-corrected chi connectivity index (χ2v) is 3.32. The molecule has 0 bridgehead atoms. The summed E-state index contributed by atoms with van der Waals surface area (Å²) in [6, 6.07) is -0.854. The summed E-state index contributed by atoms with van der Waals surface area (Å²) in [6.45, 7) is 1.45. The van der Waals surface area contributed by atoms with Crippen LogP contribution in [0.4, 0.5) is 0 Å². The Bertz CT molecular complexity index is 386. The number of imidazole rings is 1. The number of aliphatic carboxylic acids is 1. The van der Waals surface area contributed by atoms with E-state index >= 15 is 0 Å². The molecule has 0 fully saturated rings. The summed E-state index contributed by atoms with van der Waals surface area (Å²) in [7, 11) is 3.13. The minimum Gasteiger partial charge on any atom is -0.480 e. The van der Waals surface area contributed by atoms with Crippen molar-refractivity contribution in [3.05, 3.63) is 18.2 Å². The molecule has 0 saturated carbocycles. The summed E-state index contributed by atoms with van der Waals surface area (Å²) in [4.78, 5) is 27.4. The molecule has 0 aromatic carbocycles. The Hall–Kier alpha value is -1.85. The van der Waals surface area contributed by atoms with Gasteiger partial charge in [0.25, 0.3) is 5.91 Å². The van der Waals surface area contributed by atoms with Crippen molar-refractivity contribution in [3.63, 3.8) is 0 Å². The Kier molecular flexibility index (Phi) is 3.08. The molecule has 0 saturated heterocycles. The average Bonchev–Trinajstić information content (AvgIpc) is 2.60. The lowest BCUT2D eigenvalue weighted by Gasteiger charge is -2.21. The predicted molar refractivity (Wildman–Crippen MR) is 52.4 cm³/mol. The van der Waals surface area contributed by atoms with E-state index in [-0.39, 0.29) is 5.91 Å². The van der Waals surface area contributed by atoms with Gasteiger partial charge in [-0.1, -0.05) is 0 Å². The number of hydrogen-bond acceptors (Lipinski definition) is 3. The predicted octanol–water partition coefficient (Wildman–Crippen LogP) is -0.0348. The number of aromatic nitrogens is 2. The van der Waals surface area contributed by atoms with Crippen molar-refractivity contribution in [2.24, 2.45) is 7.05 Å². The molecule has 6 heteroatoms. The van der Waals surface area contributed by atoms with E-state index in [0.717, 1.165) is 0 Å². The zero-order chi connectivity index (χ0) is 11.6. The van der Waals surface area contributed by atoms with Crippen molar-refractivity contribution in [2.75, 3.05) is 7.05 Å². The summed E-state index contributed by atoms with van der Waals surface area (Å²) in [5.74, 6) is -1.39. The number of hydrogen-bond donors (Lipinski definition) is 1. The fourth-order valence-electron chi connectivity index (χ4n) is 1.09. The third-order valence-corrected chi connectivity index (χ3v) is 2.29. The first-order valence-corrected chi connectivity index (χ1v) is 4.41. The standard InChI is InChI=1S/C9H13N3O3/c1-6(9(14)15)12(3)8(13)7-4-10-5-11(7)2/h4-6H,1-3H3,(H,14,15). The van der Waals surface area contributed by atoms with Crippen molar-refractivity contribution < 1.29 is 14.7 Å². The van der Waals surface area contributed by atoms with Gasteiger partial charge in [0.15, 0.2) is 0 Å². The maximum Gasteiger partial charge on any atom is 0.326 e. The molecule has 6 nitrogen and oxygen atoms in total. The van der Waals surface area contributed by atoms with Gasteiger partial charge in [0.2, 0.25) is 0 Å². The maximum atomic E-state index is 11.8. The Morgan fingerprint density at radius 1 is 1.60 bits per heavy atom. The molecule has 82 valence electrons. The van der Waals surface area contributed by atoms with E-state index in [1.165, 1.54) is 31.4 Å². The van der Waals surface area contributed by atoms with E-state index in [9.17, 15) is 9.59 Å². The number of aryl methyl sites for hydroxylation is 1. The number of likely N-dealkylation sites (N-methyl/N-ethyl adjacent to an activating group) is 1. The van der Waals surface area contributed by atoms with Crippen molar-refractivity contribution in [1.29, 1.82) is 0 Å². The number of carboxylic acid groups (broad SMARTS) is 1. The number of carboxylic acids is 1. The van der Waals surface area contributed by atoms with Crippen LogP contribution in [0.3, 0.4) is 0 Å². The minimum atomic E-state index is -1.03. The highest BCUT2D eigenvalue weighted by atomic mass is 16.4. The highest BCUT2D eigenvalue weighted by Gasteiger charge is 2.24. The molecule has 1 atom stereocenters. The van der Waals surface area contributed by atoms with E-state index in [4.69, 9.17) is 5.11 Å². The number of carbonyl (C=O) groups is 2. The van der Waals surface area contributed by atoms with E-state index in [0.29, 0.717) is 5.69 Å². The molecule has 1 unspecified atom stereocenters. The first-order chi connectivity index (χ1) is 6.95. The van der Waals surface area contributed by atoms with Gasteiger partial charge in [-0.25, -0.2) is 9.78 Å². The smallest absolute Gasteiger partial charge is 0.326 e. The summed E-state index contributed by atoms with van der Waals surface area (Å²) >= 11 is 0. The molecule has 1 aromatic rings. The Morgan fingerprint density at radius 2 is 2.20 bits per heavy atom. The zero-order valence-electron chi connectivity index (χ0n) is 8.84. The van der Waals surface area contributed by atoms with E-state index < -0.39 is 12.0 Å². The van der Waals surface area contributed by atoms with Crippen LogP contribution in [-0.2, 0) is 11.8 Å². The van der Waals surface area contributed by atoms with E-state index in [1.807, 2.05) is 0 Å². The van der Waals surface area contributed by atoms with Crippen LogP contribution < -0.4 is 0 Å². The molecule has 1 heterocycles. The fraction of sp³-hybridized carbons (Fsp3) is 0.444. The molecule has 1 amide bonds. The van der Waals surface area contributed by atoms with Gasteiger partial charge in [-0.05, 0) is 6.92 Å². The second-order valence-electron chi connectivity index (χ2n) is 3.32. The van der Waals surface area contributed by atoms with Crippen molar-refractivity contribution >= 4 is 11.9 Å². The largest absolute Gasteiger partial charge is 0.480 e. The monoisotopic (exact) mass is 211 g/mol. The van der Waals surface area contributed by atoms with Crippen LogP contribution in [-0.4, -0.2) is 44.5 Å². The SMILES string of the molecule is CC(C(=O)O)N(C)C(=O)c1cncn1C. The lowest BCUT2D eigenvalue weighted by molar-refractivity contribution is -0.141. The van der Waals surface area contributed by atoms with Crippen LogP contribution in [0.25, 0.3) is 0 Å². The van der Waals surface area contributed by atoms with E-state index in [2.05, 4.69) is 4.98 Å². The molecule has 0 spiro atoms. The van der Waals surface area contributed by atoms with Gasteiger partial charge in [-0.15, -0.1) is 0 Å². The molecule has 1 N–H and O–H groups in total. The molecule has 0 radical (unpaired) electrons. The molecule has 1 aromatic heterocycles. The van der Waals surface area contributed by atoms with Gasteiger partial charge >= 0.3 is 5.97 Å². The van der Waals surface area contributed by atoms with Gasteiger partial charge in [-0.3, -0.25) is 4.79 Å².